The summed E-state index contributed by atoms with van der Waals surface area (Å²) in [7, 11) is 0. The Morgan fingerprint density at radius 3 is 2.54 bits per heavy atom. The molecule has 0 aliphatic carbocycles. The maximum Gasteiger partial charge on any atom is 0.256 e. The summed E-state index contributed by atoms with van der Waals surface area (Å²) >= 11 is 0. The molecule has 1 fully saturated rings. The number of piperidine rings is 1. The van der Waals surface area contributed by atoms with Gasteiger partial charge >= 0.3 is 0 Å². The Hall–Kier alpha value is -3.16. The van der Waals surface area contributed by atoms with Crippen LogP contribution in [0.1, 0.15) is 40.5 Å². The number of likely N-dealkylation sites (tertiary alicyclic amines) is 1. The molecule has 1 aromatic heterocycles. The smallest absolute Gasteiger partial charge is 0.256 e. The molecule has 1 aliphatic heterocycles. The number of rotatable bonds is 5. The van der Waals surface area contributed by atoms with E-state index in [-0.39, 0.29) is 29.3 Å². The fraction of sp³-hybridized carbons (Fsp3) is 0.350. The van der Waals surface area contributed by atoms with Gasteiger partial charge in [0, 0.05) is 19.1 Å². The van der Waals surface area contributed by atoms with Crippen LogP contribution >= 0.6 is 0 Å². The van der Waals surface area contributed by atoms with Crippen LogP contribution in [0.25, 0.3) is 0 Å². The van der Waals surface area contributed by atoms with Crippen LogP contribution < -0.4 is 10.6 Å². The number of hydrogen-bond donors (Lipinski definition) is 2. The molecule has 1 saturated heterocycles. The summed E-state index contributed by atoms with van der Waals surface area (Å²) in [5.41, 5.74) is 0.403. The van der Waals surface area contributed by atoms with Gasteiger partial charge in [-0.15, -0.1) is 0 Å². The van der Waals surface area contributed by atoms with Gasteiger partial charge in [0.15, 0.2) is 0 Å². The average molecular weight is 387 g/mol. The van der Waals surface area contributed by atoms with E-state index in [1.807, 2.05) is 0 Å². The summed E-state index contributed by atoms with van der Waals surface area (Å²) in [5.74, 6) is -1.56. The van der Waals surface area contributed by atoms with Gasteiger partial charge in [-0.1, -0.05) is 12.1 Å². The maximum absolute atomic E-state index is 13.8. The number of carbonyl (C=O) groups excluding carboxylic acids is 3. The lowest BCUT2D eigenvalue weighted by Gasteiger charge is -2.33. The van der Waals surface area contributed by atoms with Crippen LogP contribution in [0.4, 0.5) is 4.39 Å². The molecule has 2 N–H and O–H groups in total. The van der Waals surface area contributed by atoms with Gasteiger partial charge in [-0.2, -0.15) is 0 Å². The molecule has 1 unspecified atom stereocenters. The van der Waals surface area contributed by atoms with Crippen molar-refractivity contribution in [3.8, 4) is 0 Å². The summed E-state index contributed by atoms with van der Waals surface area (Å²) < 4.78 is 18.6. The molecular weight excluding hydrogens is 365 g/mol. The number of hydrogen-bond acceptors (Lipinski definition) is 4. The minimum Gasteiger partial charge on any atom is -0.472 e. The Kier molecular flexibility index (Phi) is 6.08. The summed E-state index contributed by atoms with van der Waals surface area (Å²) in [6.45, 7) is 2.45. The van der Waals surface area contributed by atoms with Crippen LogP contribution in [-0.4, -0.2) is 47.8 Å². The summed E-state index contributed by atoms with van der Waals surface area (Å²) in [4.78, 5) is 38.3. The zero-order chi connectivity index (χ0) is 20.1. The van der Waals surface area contributed by atoms with Gasteiger partial charge in [-0.3, -0.25) is 14.4 Å². The van der Waals surface area contributed by atoms with Crippen molar-refractivity contribution in [2.24, 2.45) is 0 Å². The van der Waals surface area contributed by atoms with Crippen LogP contribution in [-0.2, 0) is 4.79 Å². The van der Waals surface area contributed by atoms with Crippen LogP contribution in [0.5, 0.6) is 0 Å². The molecule has 1 aliphatic rings. The molecule has 1 atom stereocenters. The highest BCUT2D eigenvalue weighted by Crippen LogP contribution is 2.16. The monoisotopic (exact) mass is 387 g/mol. The van der Waals surface area contributed by atoms with E-state index < -0.39 is 11.9 Å². The quantitative estimate of drug-likeness (QED) is 0.820. The van der Waals surface area contributed by atoms with E-state index in [1.165, 1.54) is 30.7 Å². The minimum absolute atomic E-state index is 0.0561. The van der Waals surface area contributed by atoms with Crippen molar-refractivity contribution < 1.29 is 23.2 Å². The number of halogens is 1. The van der Waals surface area contributed by atoms with Gasteiger partial charge in [0.2, 0.25) is 5.91 Å². The first-order valence-electron chi connectivity index (χ1n) is 9.13. The maximum atomic E-state index is 13.8. The molecule has 0 saturated carbocycles. The SMILES string of the molecule is CC(NC(=O)c1ccoc1)C(=O)NC1CCN(C(=O)c2ccccc2F)CC1. The Morgan fingerprint density at radius 2 is 1.89 bits per heavy atom. The van der Waals surface area contributed by atoms with Crippen molar-refractivity contribution in [3.05, 3.63) is 59.8 Å². The van der Waals surface area contributed by atoms with Crippen molar-refractivity contribution in [2.75, 3.05) is 13.1 Å². The zero-order valence-electron chi connectivity index (χ0n) is 15.5. The lowest BCUT2D eigenvalue weighted by Crippen LogP contribution is -2.51. The van der Waals surface area contributed by atoms with Gasteiger partial charge in [-0.25, -0.2) is 4.39 Å². The largest absolute Gasteiger partial charge is 0.472 e. The van der Waals surface area contributed by atoms with E-state index in [0.717, 1.165) is 0 Å². The third kappa shape index (κ3) is 4.57. The Balaban J connectivity index is 1.47. The van der Waals surface area contributed by atoms with E-state index >= 15 is 0 Å². The number of carbonyl (C=O) groups is 3. The van der Waals surface area contributed by atoms with Crippen LogP contribution in [0.3, 0.4) is 0 Å². The number of furan rings is 1. The second-order valence-electron chi connectivity index (χ2n) is 6.76. The summed E-state index contributed by atoms with van der Waals surface area (Å²) in [6, 6.07) is 6.60. The second-order valence-corrected chi connectivity index (χ2v) is 6.76. The predicted octanol–water partition coefficient (Wildman–Crippen LogP) is 1.96. The molecule has 7 nitrogen and oxygen atoms in total. The first-order chi connectivity index (χ1) is 13.5. The highest BCUT2D eigenvalue weighted by atomic mass is 19.1. The third-order valence-electron chi connectivity index (χ3n) is 4.76. The van der Waals surface area contributed by atoms with Gasteiger partial charge in [0.1, 0.15) is 18.1 Å². The lowest BCUT2D eigenvalue weighted by atomic mass is 10.0. The predicted molar refractivity (Wildman–Crippen MR) is 99.1 cm³/mol. The number of nitrogens with one attached hydrogen (secondary N) is 2. The van der Waals surface area contributed by atoms with E-state index in [2.05, 4.69) is 10.6 Å². The fourth-order valence-electron chi connectivity index (χ4n) is 3.10. The average Bonchev–Trinajstić information content (AvgIpc) is 3.23. The Labute approximate surface area is 161 Å². The second kappa shape index (κ2) is 8.69. The van der Waals surface area contributed by atoms with Crippen molar-refractivity contribution in [1.29, 1.82) is 0 Å². The first-order valence-corrected chi connectivity index (χ1v) is 9.13. The van der Waals surface area contributed by atoms with E-state index in [9.17, 15) is 18.8 Å². The zero-order valence-corrected chi connectivity index (χ0v) is 15.5. The van der Waals surface area contributed by atoms with Crippen LogP contribution in [0, 0.1) is 5.82 Å². The highest BCUT2D eigenvalue weighted by Gasteiger charge is 2.27. The summed E-state index contributed by atoms with van der Waals surface area (Å²) in [6.07, 6.45) is 3.82. The van der Waals surface area contributed by atoms with E-state index in [1.54, 1.807) is 24.0 Å². The normalized spacial score (nSPS) is 15.7. The Morgan fingerprint density at radius 1 is 1.18 bits per heavy atom. The molecule has 0 bridgehead atoms. The molecule has 2 heterocycles. The third-order valence-corrected chi connectivity index (χ3v) is 4.76. The number of amides is 3. The highest BCUT2D eigenvalue weighted by molar-refractivity contribution is 5.97. The van der Waals surface area contributed by atoms with Crippen molar-refractivity contribution in [3.63, 3.8) is 0 Å². The fourth-order valence-corrected chi connectivity index (χ4v) is 3.10. The van der Waals surface area contributed by atoms with Gasteiger partial charge in [-0.05, 0) is 38.0 Å². The topological polar surface area (TPSA) is 91.7 Å². The van der Waals surface area contributed by atoms with Crippen molar-refractivity contribution in [1.82, 2.24) is 15.5 Å². The Bertz CT molecular complexity index is 845. The van der Waals surface area contributed by atoms with Gasteiger partial charge in [0.05, 0.1) is 17.4 Å². The molecule has 28 heavy (non-hydrogen) atoms. The van der Waals surface area contributed by atoms with Crippen molar-refractivity contribution >= 4 is 17.7 Å². The van der Waals surface area contributed by atoms with Gasteiger partial charge < -0.3 is 20.0 Å². The standard InChI is InChI=1S/C20H22FN3O4/c1-13(22-19(26)14-8-11-28-12-14)18(25)23-15-6-9-24(10-7-15)20(27)16-4-2-3-5-17(16)21/h2-5,8,11-13,15H,6-7,9-10H2,1H3,(H,22,26)(H,23,25). The minimum atomic E-state index is -0.708. The first kappa shape index (κ1) is 19.6. The molecule has 3 rings (SSSR count). The number of nitrogens with zero attached hydrogens (tertiary/aromatic N) is 1. The molecular formula is C20H22FN3O4. The molecule has 148 valence electrons. The number of benzene rings is 1. The molecule has 2 aromatic rings. The van der Waals surface area contributed by atoms with Crippen LogP contribution in [0.2, 0.25) is 0 Å². The molecule has 8 heteroatoms. The van der Waals surface area contributed by atoms with Crippen LogP contribution in [0.15, 0.2) is 47.3 Å². The molecule has 1 aromatic carbocycles. The lowest BCUT2D eigenvalue weighted by molar-refractivity contribution is -0.123. The van der Waals surface area contributed by atoms with E-state index in [0.29, 0.717) is 31.5 Å². The molecule has 3 amide bonds. The van der Waals surface area contributed by atoms with E-state index in [4.69, 9.17) is 4.42 Å². The van der Waals surface area contributed by atoms with Crippen molar-refractivity contribution in [2.45, 2.75) is 31.8 Å². The molecule has 0 spiro atoms. The van der Waals surface area contributed by atoms with Gasteiger partial charge in [0.25, 0.3) is 11.8 Å². The molecule has 0 radical (unpaired) electrons. The summed E-state index contributed by atoms with van der Waals surface area (Å²) in [5, 5.41) is 5.50.